The summed E-state index contributed by atoms with van der Waals surface area (Å²) in [5.41, 5.74) is 0. The van der Waals surface area contributed by atoms with Crippen molar-refractivity contribution in [2.24, 2.45) is 5.92 Å². The number of amides is 1. The van der Waals surface area contributed by atoms with Crippen LogP contribution >= 0.6 is 23.6 Å². The number of thiophene rings is 1. The van der Waals surface area contributed by atoms with Gasteiger partial charge in [-0.1, -0.05) is 45.1 Å². The van der Waals surface area contributed by atoms with Crippen molar-refractivity contribution in [1.82, 2.24) is 15.5 Å². The van der Waals surface area contributed by atoms with Crippen molar-refractivity contribution in [3.63, 3.8) is 0 Å². The predicted molar refractivity (Wildman–Crippen MR) is 117 cm³/mol. The van der Waals surface area contributed by atoms with Gasteiger partial charge in [0, 0.05) is 17.0 Å². The van der Waals surface area contributed by atoms with E-state index < -0.39 is 0 Å². The number of nitrogens with one attached hydrogen (secondary N) is 2. The van der Waals surface area contributed by atoms with E-state index in [2.05, 4.69) is 40.0 Å². The summed E-state index contributed by atoms with van der Waals surface area (Å²) >= 11 is 7.49. The predicted octanol–water partition coefficient (Wildman–Crippen LogP) is 4.45. The molecule has 1 amide bonds. The second kappa shape index (κ2) is 10.4. The summed E-state index contributed by atoms with van der Waals surface area (Å²) in [4.78, 5) is 16.1. The molecule has 2 atom stereocenters. The number of hydrogen-bond donors (Lipinski definition) is 2. The molecule has 0 saturated heterocycles. The van der Waals surface area contributed by atoms with Crippen LogP contribution in [0.4, 0.5) is 0 Å². The standard InChI is InChI=1S/C21H33N3OS2/c1-16-8-5-6-12-19(16)23-20(25)14-22-21(26)24(15-18-11-7-13-27-18)17-9-3-2-4-10-17/h7,11,13,16-17,19H,2-6,8-10,12,14-15H2,1H3,(H,22,26)(H,23,25). The van der Waals surface area contributed by atoms with E-state index in [4.69, 9.17) is 12.2 Å². The SMILES string of the molecule is CC1CCCCC1NC(=O)CNC(=S)N(Cc1cccs1)C1CCCCC1. The van der Waals surface area contributed by atoms with Crippen molar-refractivity contribution >= 4 is 34.6 Å². The molecule has 1 aromatic heterocycles. The molecule has 1 heterocycles. The normalized spacial score (nSPS) is 23.6. The van der Waals surface area contributed by atoms with Gasteiger partial charge in [-0.25, -0.2) is 0 Å². The van der Waals surface area contributed by atoms with Gasteiger partial charge in [-0.15, -0.1) is 11.3 Å². The Morgan fingerprint density at radius 3 is 2.63 bits per heavy atom. The lowest BCUT2D eigenvalue weighted by Crippen LogP contribution is -2.50. The first-order chi connectivity index (χ1) is 13.1. The third kappa shape index (κ3) is 6.18. The monoisotopic (exact) mass is 407 g/mol. The van der Waals surface area contributed by atoms with Crippen molar-refractivity contribution in [2.75, 3.05) is 6.54 Å². The highest BCUT2D eigenvalue weighted by Gasteiger charge is 2.25. The second-order valence-electron chi connectivity index (χ2n) is 8.09. The summed E-state index contributed by atoms with van der Waals surface area (Å²) in [7, 11) is 0. The molecule has 2 fully saturated rings. The Hall–Kier alpha value is -1.14. The highest BCUT2D eigenvalue weighted by atomic mass is 32.1. The molecule has 0 aromatic carbocycles. The van der Waals surface area contributed by atoms with E-state index in [-0.39, 0.29) is 12.5 Å². The first kappa shape index (κ1) is 20.6. The molecule has 2 aliphatic rings. The molecule has 6 heteroatoms. The number of carbonyl (C=O) groups is 1. The molecular formula is C21H33N3OS2. The molecule has 2 aliphatic carbocycles. The van der Waals surface area contributed by atoms with Crippen LogP contribution in [0, 0.1) is 5.92 Å². The summed E-state index contributed by atoms with van der Waals surface area (Å²) in [6.07, 6.45) is 11.1. The Balaban J connectivity index is 1.52. The van der Waals surface area contributed by atoms with Crippen LogP contribution in [-0.4, -0.2) is 34.5 Å². The molecule has 27 heavy (non-hydrogen) atoms. The summed E-state index contributed by atoms with van der Waals surface area (Å²) in [6.45, 7) is 3.36. The van der Waals surface area contributed by atoms with Gasteiger partial charge >= 0.3 is 0 Å². The number of hydrogen-bond acceptors (Lipinski definition) is 3. The van der Waals surface area contributed by atoms with E-state index in [1.54, 1.807) is 11.3 Å². The number of carbonyl (C=O) groups excluding carboxylic acids is 1. The first-order valence-electron chi connectivity index (χ1n) is 10.5. The van der Waals surface area contributed by atoms with Crippen molar-refractivity contribution in [1.29, 1.82) is 0 Å². The Morgan fingerprint density at radius 2 is 1.93 bits per heavy atom. The van der Waals surface area contributed by atoms with E-state index in [0.29, 0.717) is 18.0 Å². The highest BCUT2D eigenvalue weighted by molar-refractivity contribution is 7.80. The van der Waals surface area contributed by atoms with Gasteiger partial charge in [-0.2, -0.15) is 0 Å². The van der Waals surface area contributed by atoms with Crippen LogP contribution in [0.15, 0.2) is 17.5 Å². The van der Waals surface area contributed by atoms with Gasteiger partial charge in [0.05, 0.1) is 13.1 Å². The van der Waals surface area contributed by atoms with E-state index in [0.717, 1.165) is 18.1 Å². The second-order valence-corrected chi connectivity index (χ2v) is 9.51. The van der Waals surface area contributed by atoms with Gasteiger partial charge in [0.15, 0.2) is 5.11 Å². The summed E-state index contributed by atoms with van der Waals surface area (Å²) in [5, 5.41) is 9.30. The zero-order valence-corrected chi connectivity index (χ0v) is 18.0. The Kier molecular flexibility index (Phi) is 7.94. The van der Waals surface area contributed by atoms with E-state index >= 15 is 0 Å². The van der Waals surface area contributed by atoms with Gasteiger partial charge in [-0.3, -0.25) is 4.79 Å². The van der Waals surface area contributed by atoms with Gasteiger partial charge in [0.1, 0.15) is 0 Å². The highest BCUT2D eigenvalue weighted by Crippen LogP contribution is 2.25. The maximum atomic E-state index is 12.4. The molecule has 0 aliphatic heterocycles. The van der Waals surface area contributed by atoms with Crippen molar-refractivity contribution in [3.8, 4) is 0 Å². The molecule has 0 spiro atoms. The maximum absolute atomic E-state index is 12.4. The lowest BCUT2D eigenvalue weighted by atomic mass is 9.86. The fraction of sp³-hybridized carbons (Fsp3) is 0.714. The lowest BCUT2D eigenvalue weighted by molar-refractivity contribution is -0.121. The van der Waals surface area contributed by atoms with Crippen LogP contribution < -0.4 is 10.6 Å². The molecule has 0 radical (unpaired) electrons. The molecule has 0 bridgehead atoms. The molecule has 2 N–H and O–H groups in total. The minimum atomic E-state index is 0.0656. The summed E-state index contributed by atoms with van der Waals surface area (Å²) in [5.74, 6) is 0.642. The summed E-state index contributed by atoms with van der Waals surface area (Å²) in [6, 6.07) is 5.07. The first-order valence-corrected chi connectivity index (χ1v) is 11.8. The molecule has 3 rings (SSSR count). The van der Waals surface area contributed by atoms with Crippen LogP contribution in [0.2, 0.25) is 0 Å². The van der Waals surface area contributed by atoms with E-state index in [1.807, 2.05) is 0 Å². The molecule has 150 valence electrons. The van der Waals surface area contributed by atoms with Gasteiger partial charge in [0.25, 0.3) is 0 Å². The molecule has 2 saturated carbocycles. The van der Waals surface area contributed by atoms with Crippen LogP contribution in [0.1, 0.15) is 69.6 Å². The average molecular weight is 408 g/mol. The topological polar surface area (TPSA) is 44.4 Å². The van der Waals surface area contributed by atoms with Crippen LogP contribution in [0.5, 0.6) is 0 Å². The molecule has 1 aromatic rings. The lowest BCUT2D eigenvalue weighted by Gasteiger charge is -2.36. The largest absolute Gasteiger partial charge is 0.353 e. The van der Waals surface area contributed by atoms with Crippen molar-refractivity contribution < 1.29 is 4.79 Å². The molecular weight excluding hydrogens is 374 g/mol. The number of nitrogens with zero attached hydrogens (tertiary/aromatic N) is 1. The zero-order chi connectivity index (χ0) is 19.1. The minimum Gasteiger partial charge on any atom is -0.353 e. The third-order valence-electron chi connectivity index (χ3n) is 6.04. The fourth-order valence-electron chi connectivity index (χ4n) is 4.38. The van der Waals surface area contributed by atoms with Crippen molar-refractivity contribution in [3.05, 3.63) is 22.4 Å². The Morgan fingerprint density at radius 1 is 1.19 bits per heavy atom. The fourth-order valence-corrected chi connectivity index (χ4v) is 5.36. The number of thiocarbonyl (C=S) groups is 1. The van der Waals surface area contributed by atoms with Crippen molar-refractivity contribution in [2.45, 2.75) is 83.3 Å². The van der Waals surface area contributed by atoms with E-state index in [9.17, 15) is 4.79 Å². The zero-order valence-electron chi connectivity index (χ0n) is 16.4. The van der Waals surface area contributed by atoms with Gasteiger partial charge in [-0.05, 0) is 55.3 Å². The Labute approximate surface area is 173 Å². The minimum absolute atomic E-state index is 0.0656. The maximum Gasteiger partial charge on any atom is 0.239 e. The molecule has 4 nitrogen and oxygen atoms in total. The quantitative estimate of drug-likeness (QED) is 0.684. The summed E-state index contributed by atoms with van der Waals surface area (Å²) < 4.78 is 0. The van der Waals surface area contributed by atoms with Crippen LogP contribution in [-0.2, 0) is 11.3 Å². The number of rotatable bonds is 6. The van der Waals surface area contributed by atoms with Gasteiger partial charge < -0.3 is 15.5 Å². The van der Waals surface area contributed by atoms with Gasteiger partial charge in [0.2, 0.25) is 5.91 Å². The van der Waals surface area contributed by atoms with Crippen LogP contribution in [0.25, 0.3) is 0 Å². The third-order valence-corrected chi connectivity index (χ3v) is 7.28. The van der Waals surface area contributed by atoms with Crippen LogP contribution in [0.3, 0.4) is 0 Å². The Bertz CT molecular complexity index is 599. The average Bonchev–Trinajstić information content (AvgIpc) is 3.20. The molecule has 2 unspecified atom stereocenters. The smallest absolute Gasteiger partial charge is 0.239 e. The van der Waals surface area contributed by atoms with E-state index in [1.165, 1.54) is 56.2 Å².